The molecule has 1 aliphatic heterocycles. The van der Waals surface area contributed by atoms with Crippen molar-refractivity contribution in [3.63, 3.8) is 0 Å². The van der Waals surface area contributed by atoms with E-state index in [9.17, 15) is 8.42 Å². The largest absolute Gasteiger partial charge is 0.299 e. The molecule has 0 aliphatic carbocycles. The van der Waals surface area contributed by atoms with Crippen LogP contribution in [-0.4, -0.2) is 44.0 Å². The Morgan fingerprint density at radius 3 is 2.06 bits per heavy atom. The van der Waals surface area contributed by atoms with Crippen LogP contribution >= 0.6 is 0 Å². The first kappa shape index (κ1) is 14.0. The molecule has 0 spiro atoms. The Labute approximate surface area is 100 Å². The Morgan fingerprint density at radius 2 is 1.69 bits per heavy atom. The minimum Gasteiger partial charge on any atom is -0.299 e. The fourth-order valence-electron chi connectivity index (χ4n) is 2.26. The van der Waals surface area contributed by atoms with Gasteiger partial charge in [-0.2, -0.15) is 0 Å². The predicted octanol–water partition coefficient (Wildman–Crippen LogP) is 2.08. The van der Waals surface area contributed by atoms with Crippen LogP contribution in [0, 0.1) is 0 Å². The summed E-state index contributed by atoms with van der Waals surface area (Å²) < 4.78 is 22.9. The van der Waals surface area contributed by atoms with Gasteiger partial charge in [0, 0.05) is 6.04 Å². The zero-order valence-corrected chi connectivity index (χ0v) is 11.4. The lowest BCUT2D eigenvalue weighted by Crippen LogP contribution is -2.37. The average Bonchev–Trinajstić information content (AvgIpc) is 2.59. The lowest BCUT2D eigenvalue weighted by molar-refractivity contribution is 0.206. The third-order valence-electron chi connectivity index (χ3n) is 3.32. The van der Waals surface area contributed by atoms with Crippen molar-refractivity contribution in [2.75, 3.05) is 24.6 Å². The summed E-state index contributed by atoms with van der Waals surface area (Å²) >= 11 is 0. The van der Waals surface area contributed by atoms with Crippen LogP contribution in [0.15, 0.2) is 0 Å². The lowest BCUT2D eigenvalue weighted by Gasteiger charge is -2.27. The van der Waals surface area contributed by atoms with Crippen LogP contribution in [0.2, 0.25) is 0 Å². The number of rotatable bonds is 7. The summed E-state index contributed by atoms with van der Waals surface area (Å²) in [5.74, 6) is 0.785. The second kappa shape index (κ2) is 6.60. The van der Waals surface area contributed by atoms with Crippen molar-refractivity contribution >= 4 is 9.84 Å². The molecule has 16 heavy (non-hydrogen) atoms. The summed E-state index contributed by atoms with van der Waals surface area (Å²) in [6.07, 6.45) is 5.57. The molecule has 96 valence electrons. The zero-order valence-electron chi connectivity index (χ0n) is 10.6. The Bertz CT molecular complexity index is 279. The van der Waals surface area contributed by atoms with Gasteiger partial charge < -0.3 is 0 Å². The molecule has 1 rings (SSSR count). The highest BCUT2D eigenvalue weighted by Crippen LogP contribution is 2.18. The van der Waals surface area contributed by atoms with Crippen molar-refractivity contribution < 1.29 is 8.42 Å². The maximum absolute atomic E-state index is 11.5. The quantitative estimate of drug-likeness (QED) is 0.691. The van der Waals surface area contributed by atoms with E-state index in [2.05, 4.69) is 18.7 Å². The van der Waals surface area contributed by atoms with Gasteiger partial charge in [0.2, 0.25) is 0 Å². The highest BCUT2D eigenvalue weighted by atomic mass is 32.2. The first-order chi connectivity index (χ1) is 7.59. The first-order valence-corrected chi connectivity index (χ1v) is 8.35. The van der Waals surface area contributed by atoms with Gasteiger partial charge in [-0.1, -0.05) is 26.7 Å². The van der Waals surface area contributed by atoms with E-state index in [4.69, 9.17) is 0 Å². The molecule has 1 saturated heterocycles. The fraction of sp³-hybridized carbons (Fsp3) is 1.00. The molecule has 0 bridgehead atoms. The third-order valence-corrected chi connectivity index (χ3v) is 5.07. The maximum Gasteiger partial charge on any atom is 0.151 e. The van der Waals surface area contributed by atoms with E-state index in [1.54, 1.807) is 0 Å². The van der Waals surface area contributed by atoms with Crippen molar-refractivity contribution in [3.05, 3.63) is 0 Å². The summed E-state index contributed by atoms with van der Waals surface area (Å²) in [7, 11) is -2.73. The summed E-state index contributed by atoms with van der Waals surface area (Å²) in [5.41, 5.74) is 0. The normalized spacial score (nSPS) is 24.1. The highest BCUT2D eigenvalue weighted by Gasteiger charge is 2.31. The van der Waals surface area contributed by atoms with Gasteiger partial charge in [-0.15, -0.1) is 0 Å². The lowest BCUT2D eigenvalue weighted by atomic mass is 10.2. The SMILES string of the molecule is CCCCN(CCCC)C1CCS(=O)(=O)C1. The van der Waals surface area contributed by atoms with Crippen molar-refractivity contribution in [3.8, 4) is 0 Å². The molecule has 0 saturated carbocycles. The molecule has 0 N–H and O–H groups in total. The van der Waals surface area contributed by atoms with Gasteiger partial charge in [-0.05, 0) is 32.4 Å². The summed E-state index contributed by atoms with van der Waals surface area (Å²) in [6.45, 7) is 6.50. The summed E-state index contributed by atoms with van der Waals surface area (Å²) in [5, 5.41) is 0. The molecule has 1 heterocycles. The number of sulfone groups is 1. The minimum atomic E-state index is -2.73. The topological polar surface area (TPSA) is 37.4 Å². The molecule has 4 heteroatoms. The second-order valence-electron chi connectivity index (χ2n) is 4.80. The molecule has 1 fully saturated rings. The number of hydrogen-bond donors (Lipinski definition) is 0. The molecular formula is C12H25NO2S. The standard InChI is InChI=1S/C12H25NO2S/c1-3-5-8-13(9-6-4-2)12-7-10-16(14,15)11-12/h12H,3-11H2,1-2H3. The van der Waals surface area contributed by atoms with Gasteiger partial charge >= 0.3 is 0 Å². The fourth-order valence-corrected chi connectivity index (χ4v) is 4.02. The average molecular weight is 247 g/mol. The van der Waals surface area contributed by atoms with Crippen LogP contribution < -0.4 is 0 Å². The van der Waals surface area contributed by atoms with E-state index < -0.39 is 9.84 Å². The molecule has 0 aromatic carbocycles. The first-order valence-electron chi connectivity index (χ1n) is 6.53. The monoisotopic (exact) mass is 247 g/mol. The minimum absolute atomic E-state index is 0.295. The number of unbranched alkanes of at least 4 members (excludes halogenated alkanes) is 2. The van der Waals surface area contributed by atoms with E-state index >= 15 is 0 Å². The van der Waals surface area contributed by atoms with Gasteiger partial charge in [0.05, 0.1) is 11.5 Å². The Morgan fingerprint density at radius 1 is 1.12 bits per heavy atom. The van der Waals surface area contributed by atoms with Crippen LogP contribution in [0.5, 0.6) is 0 Å². The predicted molar refractivity (Wildman–Crippen MR) is 68.4 cm³/mol. The van der Waals surface area contributed by atoms with Gasteiger partial charge in [0.1, 0.15) is 0 Å². The highest BCUT2D eigenvalue weighted by molar-refractivity contribution is 7.91. The second-order valence-corrected chi connectivity index (χ2v) is 7.03. The van der Waals surface area contributed by atoms with E-state index in [0.29, 0.717) is 17.5 Å². The Balaban J connectivity index is 2.48. The summed E-state index contributed by atoms with van der Waals surface area (Å²) in [6, 6.07) is 0.295. The Kier molecular flexibility index (Phi) is 5.76. The molecular weight excluding hydrogens is 222 g/mol. The molecule has 1 atom stereocenters. The van der Waals surface area contributed by atoms with Crippen molar-refractivity contribution in [1.82, 2.24) is 4.90 Å². The zero-order chi connectivity index (χ0) is 12.0. The van der Waals surface area contributed by atoms with Crippen molar-refractivity contribution in [2.24, 2.45) is 0 Å². The van der Waals surface area contributed by atoms with Gasteiger partial charge in [-0.25, -0.2) is 8.42 Å². The van der Waals surface area contributed by atoms with Crippen LogP contribution in [0.3, 0.4) is 0 Å². The van der Waals surface area contributed by atoms with Gasteiger partial charge in [0.15, 0.2) is 9.84 Å². The van der Waals surface area contributed by atoms with Crippen LogP contribution in [0.25, 0.3) is 0 Å². The van der Waals surface area contributed by atoms with Crippen molar-refractivity contribution in [2.45, 2.75) is 52.0 Å². The van der Waals surface area contributed by atoms with E-state index in [1.165, 1.54) is 25.7 Å². The smallest absolute Gasteiger partial charge is 0.151 e. The molecule has 0 radical (unpaired) electrons. The maximum atomic E-state index is 11.5. The van der Waals surface area contributed by atoms with Gasteiger partial charge in [-0.3, -0.25) is 4.90 Å². The third kappa shape index (κ3) is 4.42. The molecule has 3 nitrogen and oxygen atoms in total. The van der Waals surface area contributed by atoms with Gasteiger partial charge in [0.25, 0.3) is 0 Å². The Hall–Kier alpha value is -0.0900. The molecule has 1 aliphatic rings. The molecule has 1 unspecified atom stereocenters. The number of hydrogen-bond acceptors (Lipinski definition) is 3. The van der Waals surface area contributed by atoms with Crippen LogP contribution in [-0.2, 0) is 9.84 Å². The van der Waals surface area contributed by atoms with Crippen LogP contribution in [0.1, 0.15) is 46.0 Å². The van der Waals surface area contributed by atoms with Crippen molar-refractivity contribution in [1.29, 1.82) is 0 Å². The van der Waals surface area contributed by atoms with E-state index in [0.717, 1.165) is 19.5 Å². The molecule has 0 amide bonds. The van der Waals surface area contributed by atoms with Crippen LogP contribution in [0.4, 0.5) is 0 Å². The number of nitrogens with zero attached hydrogens (tertiary/aromatic N) is 1. The molecule has 0 aromatic heterocycles. The van der Waals surface area contributed by atoms with E-state index in [1.807, 2.05) is 0 Å². The molecule has 0 aromatic rings. The van der Waals surface area contributed by atoms with E-state index in [-0.39, 0.29) is 0 Å². The summed E-state index contributed by atoms with van der Waals surface area (Å²) in [4.78, 5) is 2.40.